The molecule has 130 valence electrons. The fourth-order valence-electron chi connectivity index (χ4n) is 2.76. The van der Waals surface area contributed by atoms with Crippen LogP contribution in [0.25, 0.3) is 6.08 Å². The Hall–Kier alpha value is -3.02. The van der Waals surface area contributed by atoms with E-state index in [1.54, 1.807) is 31.4 Å². The van der Waals surface area contributed by atoms with E-state index in [0.29, 0.717) is 5.76 Å². The molecule has 0 unspecified atom stereocenters. The molecule has 1 aromatic carbocycles. The van der Waals surface area contributed by atoms with Crippen LogP contribution in [0.4, 0.5) is 11.4 Å². The first-order valence-electron chi connectivity index (χ1n) is 8.25. The summed E-state index contributed by atoms with van der Waals surface area (Å²) in [5.41, 5.74) is 1.83. The molecule has 0 atom stereocenters. The van der Waals surface area contributed by atoms with Gasteiger partial charge < -0.3 is 19.5 Å². The number of hydrogen-bond acceptors (Lipinski definition) is 4. The van der Waals surface area contributed by atoms with E-state index in [9.17, 15) is 9.59 Å². The fourth-order valence-corrected chi connectivity index (χ4v) is 2.76. The van der Waals surface area contributed by atoms with Crippen molar-refractivity contribution >= 4 is 29.3 Å². The normalized spacial score (nSPS) is 14.8. The molecule has 25 heavy (non-hydrogen) atoms. The first kappa shape index (κ1) is 16.8. The second-order valence-corrected chi connectivity index (χ2v) is 5.88. The summed E-state index contributed by atoms with van der Waals surface area (Å²) in [5.74, 6) is 0.551. The molecule has 1 saturated heterocycles. The third kappa shape index (κ3) is 4.50. The largest absolute Gasteiger partial charge is 0.465 e. The summed E-state index contributed by atoms with van der Waals surface area (Å²) in [4.78, 5) is 27.4. The van der Waals surface area contributed by atoms with E-state index in [1.807, 2.05) is 29.2 Å². The Balaban J connectivity index is 1.54. The molecule has 0 saturated carbocycles. The lowest BCUT2D eigenvalue weighted by Crippen LogP contribution is -2.48. The maximum absolute atomic E-state index is 11.9. The maximum atomic E-state index is 11.9. The number of rotatable bonds is 4. The highest BCUT2D eigenvalue weighted by Gasteiger charge is 2.18. The van der Waals surface area contributed by atoms with E-state index in [-0.39, 0.29) is 11.8 Å². The summed E-state index contributed by atoms with van der Waals surface area (Å²) in [6, 6.07) is 11.3. The van der Waals surface area contributed by atoms with Gasteiger partial charge >= 0.3 is 0 Å². The van der Waals surface area contributed by atoms with E-state index in [0.717, 1.165) is 37.6 Å². The highest BCUT2D eigenvalue weighted by molar-refractivity contribution is 6.01. The highest BCUT2D eigenvalue weighted by atomic mass is 16.3. The van der Waals surface area contributed by atoms with Crippen molar-refractivity contribution in [3.8, 4) is 0 Å². The minimum absolute atomic E-state index is 0.125. The number of piperazine rings is 1. The molecule has 2 amide bonds. The molecule has 0 bridgehead atoms. The SMILES string of the molecule is CC(=O)N1CCN(c2ccc(NC(=O)/C=C/c3ccco3)cc2)CC1. The predicted molar refractivity (Wildman–Crippen MR) is 97.3 cm³/mol. The minimum atomic E-state index is -0.209. The van der Waals surface area contributed by atoms with Gasteiger partial charge in [-0.3, -0.25) is 9.59 Å². The fraction of sp³-hybridized carbons (Fsp3) is 0.263. The molecule has 1 aliphatic heterocycles. The number of nitrogens with zero attached hydrogens (tertiary/aromatic N) is 2. The molecule has 1 fully saturated rings. The van der Waals surface area contributed by atoms with Crippen molar-refractivity contribution in [2.45, 2.75) is 6.92 Å². The van der Waals surface area contributed by atoms with Crippen LogP contribution in [0.2, 0.25) is 0 Å². The molecule has 0 spiro atoms. The van der Waals surface area contributed by atoms with Crippen LogP contribution in [0.15, 0.2) is 53.2 Å². The second-order valence-electron chi connectivity index (χ2n) is 5.88. The Bertz CT molecular complexity index is 743. The van der Waals surface area contributed by atoms with Crippen molar-refractivity contribution in [2.24, 2.45) is 0 Å². The lowest BCUT2D eigenvalue weighted by Gasteiger charge is -2.35. The Morgan fingerprint density at radius 1 is 1.08 bits per heavy atom. The first-order valence-corrected chi connectivity index (χ1v) is 8.25. The van der Waals surface area contributed by atoms with E-state index in [4.69, 9.17) is 4.42 Å². The summed E-state index contributed by atoms with van der Waals surface area (Å²) in [6.45, 7) is 4.72. The molecule has 0 aliphatic carbocycles. The molecule has 6 nitrogen and oxygen atoms in total. The standard InChI is InChI=1S/C19H21N3O3/c1-15(23)21-10-12-22(13-11-21)17-6-4-16(5-7-17)20-19(24)9-8-18-3-2-14-25-18/h2-9,14H,10-13H2,1H3,(H,20,24)/b9-8+. The second kappa shape index (κ2) is 7.70. The van der Waals surface area contributed by atoms with Crippen LogP contribution < -0.4 is 10.2 Å². The van der Waals surface area contributed by atoms with Crippen molar-refractivity contribution in [1.82, 2.24) is 4.90 Å². The van der Waals surface area contributed by atoms with Crippen molar-refractivity contribution < 1.29 is 14.0 Å². The highest BCUT2D eigenvalue weighted by Crippen LogP contribution is 2.19. The summed E-state index contributed by atoms with van der Waals surface area (Å²) in [6.07, 6.45) is 4.62. The third-order valence-corrected chi connectivity index (χ3v) is 4.17. The Kier molecular flexibility index (Phi) is 5.18. The molecular weight excluding hydrogens is 318 g/mol. The van der Waals surface area contributed by atoms with Crippen LogP contribution in [-0.2, 0) is 9.59 Å². The Labute approximate surface area is 146 Å². The zero-order chi connectivity index (χ0) is 17.6. The minimum Gasteiger partial charge on any atom is -0.465 e. The number of furan rings is 1. The summed E-state index contributed by atoms with van der Waals surface area (Å²) < 4.78 is 5.14. The van der Waals surface area contributed by atoms with Crippen LogP contribution in [-0.4, -0.2) is 42.9 Å². The van der Waals surface area contributed by atoms with Crippen molar-refractivity contribution in [3.63, 3.8) is 0 Å². The quantitative estimate of drug-likeness (QED) is 0.870. The molecule has 1 aromatic heterocycles. The van der Waals surface area contributed by atoms with Crippen LogP contribution in [0.1, 0.15) is 12.7 Å². The van der Waals surface area contributed by atoms with Gasteiger partial charge in [0.05, 0.1) is 6.26 Å². The van der Waals surface area contributed by atoms with Crippen molar-refractivity contribution in [1.29, 1.82) is 0 Å². The third-order valence-electron chi connectivity index (χ3n) is 4.17. The molecule has 2 aromatic rings. The number of carbonyl (C=O) groups excluding carboxylic acids is 2. The van der Waals surface area contributed by atoms with Gasteiger partial charge in [-0.2, -0.15) is 0 Å². The molecule has 1 N–H and O–H groups in total. The predicted octanol–water partition coefficient (Wildman–Crippen LogP) is 2.60. The van der Waals surface area contributed by atoms with E-state index in [1.165, 1.54) is 6.08 Å². The topological polar surface area (TPSA) is 65.8 Å². The monoisotopic (exact) mass is 339 g/mol. The van der Waals surface area contributed by atoms with Crippen LogP contribution in [0.3, 0.4) is 0 Å². The van der Waals surface area contributed by atoms with Gasteiger partial charge in [0.1, 0.15) is 5.76 Å². The van der Waals surface area contributed by atoms with Gasteiger partial charge in [0.2, 0.25) is 11.8 Å². The zero-order valence-electron chi connectivity index (χ0n) is 14.1. The number of benzene rings is 1. The molecule has 2 heterocycles. The van der Waals surface area contributed by atoms with E-state index >= 15 is 0 Å². The number of anilines is 2. The van der Waals surface area contributed by atoms with E-state index in [2.05, 4.69) is 10.2 Å². The number of carbonyl (C=O) groups is 2. The number of amides is 2. The Morgan fingerprint density at radius 2 is 1.80 bits per heavy atom. The van der Waals surface area contributed by atoms with Gasteiger partial charge in [-0.15, -0.1) is 0 Å². The lowest BCUT2D eigenvalue weighted by molar-refractivity contribution is -0.129. The number of hydrogen-bond donors (Lipinski definition) is 1. The van der Waals surface area contributed by atoms with Crippen molar-refractivity contribution in [2.75, 3.05) is 36.4 Å². The smallest absolute Gasteiger partial charge is 0.248 e. The van der Waals surface area contributed by atoms with Crippen LogP contribution in [0.5, 0.6) is 0 Å². The zero-order valence-corrected chi connectivity index (χ0v) is 14.1. The average molecular weight is 339 g/mol. The Morgan fingerprint density at radius 3 is 2.40 bits per heavy atom. The molecular formula is C19H21N3O3. The van der Waals surface area contributed by atoms with Gasteiger partial charge in [0.25, 0.3) is 0 Å². The summed E-state index contributed by atoms with van der Waals surface area (Å²) >= 11 is 0. The lowest BCUT2D eigenvalue weighted by atomic mass is 10.2. The van der Waals surface area contributed by atoms with Gasteiger partial charge in [0.15, 0.2) is 0 Å². The van der Waals surface area contributed by atoms with E-state index < -0.39 is 0 Å². The average Bonchev–Trinajstić information content (AvgIpc) is 3.14. The summed E-state index contributed by atoms with van der Waals surface area (Å²) in [5, 5.41) is 2.82. The van der Waals surface area contributed by atoms with Crippen molar-refractivity contribution in [3.05, 3.63) is 54.5 Å². The number of nitrogens with one attached hydrogen (secondary N) is 1. The molecule has 6 heteroatoms. The van der Waals surface area contributed by atoms with Gasteiger partial charge in [0, 0.05) is 50.6 Å². The molecule has 1 aliphatic rings. The maximum Gasteiger partial charge on any atom is 0.248 e. The molecule has 0 radical (unpaired) electrons. The van der Waals surface area contributed by atoms with Gasteiger partial charge in [-0.25, -0.2) is 0 Å². The van der Waals surface area contributed by atoms with Crippen LogP contribution >= 0.6 is 0 Å². The van der Waals surface area contributed by atoms with Crippen LogP contribution in [0, 0.1) is 0 Å². The van der Waals surface area contributed by atoms with Gasteiger partial charge in [-0.05, 0) is 42.5 Å². The summed E-state index contributed by atoms with van der Waals surface area (Å²) in [7, 11) is 0. The van der Waals surface area contributed by atoms with Gasteiger partial charge in [-0.1, -0.05) is 0 Å². The first-order chi connectivity index (χ1) is 12.1. The molecule has 3 rings (SSSR count).